The Morgan fingerprint density at radius 3 is 2.29 bits per heavy atom. The zero-order valence-electron chi connectivity index (χ0n) is 10.1. The van der Waals surface area contributed by atoms with Gasteiger partial charge in [0.2, 0.25) is 0 Å². The second kappa shape index (κ2) is 7.57. The molecule has 0 heterocycles. The highest BCUT2D eigenvalue weighted by Gasteiger charge is 1.97. The van der Waals surface area contributed by atoms with Crippen LogP contribution >= 0.6 is 0 Å². The molecule has 0 bridgehead atoms. The molecule has 0 aliphatic carbocycles. The van der Waals surface area contributed by atoms with E-state index < -0.39 is 0 Å². The maximum Gasteiger partial charge on any atom is 0.0205 e. The van der Waals surface area contributed by atoms with Crippen LogP contribution in [0.2, 0.25) is 0 Å². The molecule has 1 nitrogen and oxygen atoms in total. The lowest BCUT2D eigenvalue weighted by Crippen LogP contribution is -2.06. The number of rotatable bonds is 3. The molecule has 80 valence electrons. The summed E-state index contributed by atoms with van der Waals surface area (Å²) in [5, 5.41) is 3.16. The fourth-order valence-electron chi connectivity index (χ4n) is 1.37. The topological polar surface area (TPSA) is 12.0 Å². The van der Waals surface area contributed by atoms with Gasteiger partial charge in [-0.05, 0) is 37.1 Å². The van der Waals surface area contributed by atoms with E-state index in [0.29, 0.717) is 0 Å². The van der Waals surface area contributed by atoms with Crippen LogP contribution in [0.25, 0.3) is 0 Å². The lowest BCUT2D eigenvalue weighted by Gasteiger charge is -2.06. The number of benzene rings is 1. The molecule has 1 aromatic carbocycles. The summed E-state index contributed by atoms with van der Waals surface area (Å²) in [5.74, 6) is 0. The summed E-state index contributed by atoms with van der Waals surface area (Å²) >= 11 is 0. The van der Waals surface area contributed by atoms with Crippen LogP contribution < -0.4 is 5.32 Å². The highest BCUT2D eigenvalue weighted by atomic mass is 14.8. The third-order valence-electron chi connectivity index (χ3n) is 2.18. The molecule has 0 radical (unpaired) electrons. The highest BCUT2D eigenvalue weighted by molar-refractivity contribution is 5.30. The summed E-state index contributed by atoms with van der Waals surface area (Å²) in [5.41, 5.74) is 4.21. The summed E-state index contributed by atoms with van der Waals surface area (Å²) in [6.07, 6.45) is 1.13. The van der Waals surface area contributed by atoms with E-state index in [0.717, 1.165) is 13.0 Å². The maximum atomic E-state index is 3.16. The first kappa shape index (κ1) is 13.2. The predicted molar refractivity (Wildman–Crippen MR) is 64.7 cm³/mol. The van der Waals surface area contributed by atoms with E-state index in [1.54, 1.807) is 0 Å². The van der Waals surface area contributed by atoms with Gasteiger partial charge in [-0.1, -0.05) is 39.0 Å². The van der Waals surface area contributed by atoms with E-state index in [2.05, 4.69) is 37.4 Å². The third-order valence-corrected chi connectivity index (χ3v) is 2.18. The minimum Gasteiger partial charge on any atom is -0.316 e. The fourth-order valence-corrected chi connectivity index (χ4v) is 1.37. The zero-order valence-corrected chi connectivity index (χ0v) is 10.1. The molecule has 1 aromatic rings. The van der Waals surface area contributed by atoms with Gasteiger partial charge in [0, 0.05) is 6.54 Å². The van der Waals surface area contributed by atoms with Crippen LogP contribution in [0.3, 0.4) is 0 Å². The van der Waals surface area contributed by atoms with E-state index in [1.807, 2.05) is 20.9 Å². The summed E-state index contributed by atoms with van der Waals surface area (Å²) in [7, 11) is 1.98. The van der Waals surface area contributed by atoms with Crippen LogP contribution in [-0.4, -0.2) is 7.05 Å². The Kier molecular flexibility index (Phi) is 7.13. The lowest BCUT2D eigenvalue weighted by molar-refractivity contribution is 0.811. The molecule has 0 atom stereocenters. The van der Waals surface area contributed by atoms with Crippen molar-refractivity contribution in [2.45, 2.75) is 40.7 Å². The van der Waals surface area contributed by atoms with Gasteiger partial charge in [0.1, 0.15) is 0 Å². The van der Waals surface area contributed by atoms with Gasteiger partial charge in [-0.3, -0.25) is 0 Å². The average Bonchev–Trinajstić information content (AvgIpc) is 2.24. The SMILES string of the molecule is CC.CCc1ccc(CNC)c(C)c1. The van der Waals surface area contributed by atoms with Crippen LogP contribution in [0.5, 0.6) is 0 Å². The van der Waals surface area contributed by atoms with Gasteiger partial charge >= 0.3 is 0 Å². The lowest BCUT2D eigenvalue weighted by atomic mass is 10.0. The van der Waals surface area contributed by atoms with Crippen molar-refractivity contribution in [2.75, 3.05) is 7.05 Å². The standard InChI is InChI=1S/C11H17N.C2H6/c1-4-10-5-6-11(8-12-3)9(2)7-10;1-2/h5-7,12H,4,8H2,1-3H3;1-2H3. The summed E-state index contributed by atoms with van der Waals surface area (Å²) in [6.45, 7) is 9.33. The predicted octanol–water partition coefficient (Wildman–Crippen LogP) is 3.30. The van der Waals surface area contributed by atoms with Crippen molar-refractivity contribution in [1.29, 1.82) is 0 Å². The highest BCUT2D eigenvalue weighted by Crippen LogP contribution is 2.11. The largest absolute Gasteiger partial charge is 0.316 e. The Morgan fingerprint density at radius 2 is 1.86 bits per heavy atom. The minimum atomic E-state index is 0.968. The normalized spacial score (nSPS) is 9.21. The van der Waals surface area contributed by atoms with Crippen LogP contribution in [0.1, 0.15) is 37.5 Å². The second-order valence-corrected chi connectivity index (χ2v) is 3.14. The molecule has 1 rings (SSSR count). The number of hydrogen-bond donors (Lipinski definition) is 1. The van der Waals surface area contributed by atoms with Crippen LogP contribution in [0.15, 0.2) is 18.2 Å². The molecule has 0 spiro atoms. The summed E-state index contributed by atoms with van der Waals surface area (Å²) < 4.78 is 0. The van der Waals surface area contributed by atoms with E-state index in [-0.39, 0.29) is 0 Å². The van der Waals surface area contributed by atoms with Crippen molar-refractivity contribution in [3.05, 3.63) is 34.9 Å². The first-order valence-electron chi connectivity index (χ1n) is 5.51. The van der Waals surface area contributed by atoms with Gasteiger partial charge in [-0.15, -0.1) is 0 Å². The molecule has 0 amide bonds. The van der Waals surface area contributed by atoms with E-state index in [9.17, 15) is 0 Å². The third kappa shape index (κ3) is 3.93. The van der Waals surface area contributed by atoms with Gasteiger partial charge in [-0.2, -0.15) is 0 Å². The number of nitrogens with one attached hydrogen (secondary N) is 1. The molecule has 0 aromatic heterocycles. The van der Waals surface area contributed by atoms with Crippen LogP contribution in [-0.2, 0) is 13.0 Å². The van der Waals surface area contributed by atoms with Gasteiger partial charge in [0.05, 0.1) is 0 Å². The molecule has 0 aliphatic heterocycles. The number of hydrogen-bond acceptors (Lipinski definition) is 1. The second-order valence-electron chi connectivity index (χ2n) is 3.14. The molecular formula is C13H23N. The van der Waals surface area contributed by atoms with Crippen molar-refractivity contribution in [3.8, 4) is 0 Å². The van der Waals surface area contributed by atoms with Crippen LogP contribution in [0.4, 0.5) is 0 Å². The maximum absolute atomic E-state index is 3.16. The molecule has 0 saturated carbocycles. The molecule has 0 aliphatic rings. The molecule has 1 heteroatoms. The minimum absolute atomic E-state index is 0.968. The Balaban J connectivity index is 0.000000791. The summed E-state index contributed by atoms with van der Waals surface area (Å²) in [4.78, 5) is 0. The Labute approximate surface area is 88.5 Å². The van der Waals surface area contributed by atoms with E-state index in [4.69, 9.17) is 0 Å². The average molecular weight is 193 g/mol. The van der Waals surface area contributed by atoms with E-state index in [1.165, 1.54) is 16.7 Å². The smallest absolute Gasteiger partial charge is 0.0205 e. The molecule has 0 fully saturated rings. The Hall–Kier alpha value is -0.820. The number of aryl methyl sites for hydroxylation is 2. The molecule has 1 N–H and O–H groups in total. The van der Waals surface area contributed by atoms with Crippen molar-refractivity contribution < 1.29 is 0 Å². The van der Waals surface area contributed by atoms with Crippen LogP contribution in [0, 0.1) is 6.92 Å². The molecule has 14 heavy (non-hydrogen) atoms. The van der Waals surface area contributed by atoms with Crippen molar-refractivity contribution >= 4 is 0 Å². The van der Waals surface area contributed by atoms with Gasteiger partial charge in [0.25, 0.3) is 0 Å². The van der Waals surface area contributed by atoms with Crippen molar-refractivity contribution in [3.63, 3.8) is 0 Å². The molecule has 0 saturated heterocycles. The fraction of sp³-hybridized carbons (Fsp3) is 0.538. The Morgan fingerprint density at radius 1 is 1.21 bits per heavy atom. The van der Waals surface area contributed by atoms with Gasteiger partial charge in [0.15, 0.2) is 0 Å². The first-order valence-corrected chi connectivity index (χ1v) is 5.51. The van der Waals surface area contributed by atoms with Crippen molar-refractivity contribution in [2.24, 2.45) is 0 Å². The van der Waals surface area contributed by atoms with Crippen molar-refractivity contribution in [1.82, 2.24) is 5.32 Å². The van der Waals surface area contributed by atoms with E-state index >= 15 is 0 Å². The summed E-state index contributed by atoms with van der Waals surface area (Å²) in [6, 6.07) is 6.69. The molecular weight excluding hydrogens is 170 g/mol. The Bertz CT molecular complexity index is 253. The zero-order chi connectivity index (χ0) is 11.0. The first-order chi connectivity index (χ1) is 6.77. The molecule has 0 unspecified atom stereocenters. The monoisotopic (exact) mass is 193 g/mol. The van der Waals surface area contributed by atoms with Gasteiger partial charge < -0.3 is 5.32 Å². The van der Waals surface area contributed by atoms with Gasteiger partial charge in [-0.25, -0.2) is 0 Å². The quantitative estimate of drug-likeness (QED) is 0.776.